The van der Waals surface area contributed by atoms with Gasteiger partial charge in [-0.25, -0.2) is 4.98 Å². The molecule has 0 atom stereocenters. The first-order valence-electron chi connectivity index (χ1n) is 4.18. The van der Waals surface area contributed by atoms with Gasteiger partial charge in [0, 0.05) is 11.3 Å². The summed E-state index contributed by atoms with van der Waals surface area (Å²) in [4.78, 5) is 7.11. The number of nitrogens with one attached hydrogen (secondary N) is 1. The van der Waals surface area contributed by atoms with E-state index in [0.29, 0.717) is 10.5 Å². The normalized spacial score (nSPS) is 15.6. The molecule has 0 aromatic carbocycles. The van der Waals surface area contributed by atoms with Crippen LogP contribution in [0.1, 0.15) is 23.5 Å². The van der Waals surface area contributed by atoms with E-state index in [1.807, 2.05) is 0 Å². The smallest absolute Gasteiger partial charge is 0.248 e. The van der Waals surface area contributed by atoms with E-state index < -0.39 is 3.79 Å². The predicted octanol–water partition coefficient (Wildman–Crippen LogP) is 3.45. The van der Waals surface area contributed by atoms with Gasteiger partial charge in [0.15, 0.2) is 5.82 Å². The van der Waals surface area contributed by atoms with Gasteiger partial charge in [0.1, 0.15) is 4.64 Å². The highest BCUT2D eigenvalue weighted by molar-refractivity contribution is 7.71. The van der Waals surface area contributed by atoms with Crippen molar-refractivity contribution >= 4 is 47.0 Å². The van der Waals surface area contributed by atoms with Crippen LogP contribution in [-0.2, 0) is 16.6 Å². The lowest BCUT2D eigenvalue weighted by molar-refractivity contribution is 0.884. The van der Waals surface area contributed by atoms with Crippen LogP contribution in [0.5, 0.6) is 0 Å². The topological polar surface area (TPSA) is 28.7 Å². The maximum atomic E-state index is 5.72. The fraction of sp³-hybridized carbons (Fsp3) is 0.500. The Labute approximate surface area is 102 Å². The molecule has 2 nitrogen and oxygen atoms in total. The average molecular weight is 270 g/mol. The molecule has 0 amide bonds. The summed E-state index contributed by atoms with van der Waals surface area (Å²) in [5.41, 5.74) is 2.16. The molecule has 1 N–H and O–H groups in total. The van der Waals surface area contributed by atoms with Crippen LogP contribution in [0.3, 0.4) is 0 Å². The molecule has 0 saturated carbocycles. The molecule has 0 saturated heterocycles. The zero-order chi connectivity index (χ0) is 10.3. The number of halogens is 3. The van der Waals surface area contributed by atoms with E-state index >= 15 is 0 Å². The Bertz CT molecular complexity index is 422. The zero-order valence-electron chi connectivity index (χ0n) is 7.11. The molecule has 1 aliphatic rings. The van der Waals surface area contributed by atoms with Crippen LogP contribution in [0, 0.1) is 4.64 Å². The molecule has 1 aromatic heterocycles. The number of aromatic nitrogens is 2. The van der Waals surface area contributed by atoms with E-state index in [0.717, 1.165) is 30.5 Å². The van der Waals surface area contributed by atoms with Crippen LogP contribution in [0.25, 0.3) is 0 Å². The van der Waals surface area contributed by atoms with Crippen LogP contribution >= 0.6 is 47.0 Å². The fourth-order valence-corrected chi connectivity index (χ4v) is 2.18. The third-order valence-corrected chi connectivity index (χ3v) is 3.10. The van der Waals surface area contributed by atoms with Crippen molar-refractivity contribution in [3.05, 3.63) is 21.7 Å². The maximum Gasteiger partial charge on any atom is 0.248 e. The number of nitrogens with zero attached hydrogens (tertiary/aromatic N) is 1. The standard InChI is InChI=1S/C8H7Cl3N2S/c9-8(10,11)7-12-5-3-1-2-4(5)6(14)13-7/h1-3H2,(H,12,13,14). The highest BCUT2D eigenvalue weighted by Gasteiger charge is 2.27. The van der Waals surface area contributed by atoms with Gasteiger partial charge >= 0.3 is 0 Å². The maximum absolute atomic E-state index is 5.72. The first kappa shape index (κ1) is 10.7. The molecule has 2 rings (SSSR count). The van der Waals surface area contributed by atoms with Crippen LogP contribution < -0.4 is 0 Å². The van der Waals surface area contributed by atoms with Crippen molar-refractivity contribution in [2.45, 2.75) is 23.1 Å². The lowest BCUT2D eigenvalue weighted by atomic mass is 10.3. The van der Waals surface area contributed by atoms with Crippen molar-refractivity contribution in [3.63, 3.8) is 0 Å². The van der Waals surface area contributed by atoms with Crippen molar-refractivity contribution in [1.82, 2.24) is 9.97 Å². The van der Waals surface area contributed by atoms with Gasteiger partial charge in [-0.15, -0.1) is 0 Å². The highest BCUT2D eigenvalue weighted by Crippen LogP contribution is 2.36. The first-order chi connectivity index (χ1) is 6.48. The van der Waals surface area contributed by atoms with Gasteiger partial charge < -0.3 is 4.98 Å². The molecule has 0 fully saturated rings. The van der Waals surface area contributed by atoms with E-state index in [4.69, 9.17) is 47.0 Å². The van der Waals surface area contributed by atoms with Gasteiger partial charge in [0.05, 0.1) is 0 Å². The summed E-state index contributed by atoms with van der Waals surface area (Å²) in [6.45, 7) is 0. The van der Waals surface area contributed by atoms with E-state index in [1.54, 1.807) is 0 Å². The molecule has 1 heterocycles. The second kappa shape index (κ2) is 3.63. The van der Waals surface area contributed by atoms with Gasteiger partial charge in [0.2, 0.25) is 3.79 Å². The van der Waals surface area contributed by atoms with E-state index in [9.17, 15) is 0 Å². The Hall–Kier alpha value is 0.170. The number of H-pyrrole nitrogens is 1. The molecule has 6 heteroatoms. The monoisotopic (exact) mass is 268 g/mol. The molecule has 0 radical (unpaired) electrons. The molecule has 0 aliphatic heterocycles. The fourth-order valence-electron chi connectivity index (χ4n) is 1.59. The molecular weight excluding hydrogens is 263 g/mol. The third-order valence-electron chi connectivity index (χ3n) is 2.23. The Kier molecular flexibility index (Phi) is 2.77. The quantitative estimate of drug-likeness (QED) is 0.577. The zero-order valence-corrected chi connectivity index (χ0v) is 10.2. The Balaban J connectivity index is 2.58. The molecular formula is C8H7Cl3N2S. The minimum atomic E-state index is -1.52. The van der Waals surface area contributed by atoms with Crippen molar-refractivity contribution < 1.29 is 0 Å². The van der Waals surface area contributed by atoms with Crippen molar-refractivity contribution in [2.24, 2.45) is 0 Å². The van der Waals surface area contributed by atoms with Gasteiger partial charge in [0.25, 0.3) is 0 Å². The van der Waals surface area contributed by atoms with Crippen molar-refractivity contribution in [1.29, 1.82) is 0 Å². The van der Waals surface area contributed by atoms with Gasteiger partial charge in [-0.05, 0) is 19.3 Å². The first-order valence-corrected chi connectivity index (χ1v) is 5.72. The van der Waals surface area contributed by atoms with E-state index in [-0.39, 0.29) is 0 Å². The molecule has 14 heavy (non-hydrogen) atoms. The number of hydrogen-bond donors (Lipinski definition) is 1. The number of hydrogen-bond acceptors (Lipinski definition) is 2. The average Bonchev–Trinajstić information content (AvgIpc) is 2.50. The van der Waals surface area contributed by atoms with Crippen LogP contribution in [0.4, 0.5) is 0 Å². The lowest BCUT2D eigenvalue weighted by Gasteiger charge is -2.11. The Morgan fingerprint density at radius 1 is 1.29 bits per heavy atom. The lowest BCUT2D eigenvalue weighted by Crippen LogP contribution is -2.09. The molecule has 76 valence electrons. The highest BCUT2D eigenvalue weighted by atomic mass is 35.6. The number of aromatic amines is 1. The Morgan fingerprint density at radius 3 is 2.64 bits per heavy atom. The van der Waals surface area contributed by atoms with Gasteiger partial charge in [-0.2, -0.15) is 0 Å². The predicted molar refractivity (Wildman–Crippen MR) is 60.7 cm³/mol. The summed E-state index contributed by atoms with van der Waals surface area (Å²) in [5.74, 6) is 0.313. The minimum Gasteiger partial charge on any atom is -0.343 e. The number of alkyl halides is 3. The molecule has 1 aromatic rings. The SMILES string of the molecule is S=c1nc(C(Cl)(Cl)Cl)[nH]c2c1CCC2. The summed E-state index contributed by atoms with van der Waals surface area (Å²) >= 11 is 22.3. The van der Waals surface area contributed by atoms with Crippen LogP contribution in [-0.4, -0.2) is 9.97 Å². The van der Waals surface area contributed by atoms with Gasteiger partial charge in [-0.3, -0.25) is 0 Å². The molecule has 0 unspecified atom stereocenters. The van der Waals surface area contributed by atoms with E-state index in [2.05, 4.69) is 9.97 Å². The summed E-state index contributed by atoms with van der Waals surface area (Å²) in [6, 6.07) is 0. The Morgan fingerprint density at radius 2 is 2.00 bits per heavy atom. The largest absolute Gasteiger partial charge is 0.343 e. The summed E-state index contributed by atoms with van der Waals surface area (Å²) in [7, 11) is 0. The van der Waals surface area contributed by atoms with E-state index in [1.165, 1.54) is 0 Å². The van der Waals surface area contributed by atoms with Crippen molar-refractivity contribution in [3.8, 4) is 0 Å². The summed E-state index contributed by atoms with van der Waals surface area (Å²) in [6.07, 6.45) is 3.01. The second-order valence-electron chi connectivity index (χ2n) is 3.20. The van der Waals surface area contributed by atoms with Crippen LogP contribution in [0.15, 0.2) is 0 Å². The molecule has 0 spiro atoms. The third kappa shape index (κ3) is 1.91. The number of rotatable bonds is 0. The molecule has 1 aliphatic carbocycles. The summed E-state index contributed by atoms with van der Waals surface area (Å²) in [5, 5.41) is 0. The summed E-state index contributed by atoms with van der Waals surface area (Å²) < 4.78 is -0.969. The minimum absolute atomic E-state index is 0.313. The van der Waals surface area contributed by atoms with Crippen LogP contribution in [0.2, 0.25) is 0 Å². The number of fused-ring (bicyclic) bond motifs is 1. The molecule has 0 bridgehead atoms. The van der Waals surface area contributed by atoms with Crippen molar-refractivity contribution in [2.75, 3.05) is 0 Å². The second-order valence-corrected chi connectivity index (χ2v) is 5.87. The van der Waals surface area contributed by atoms with Gasteiger partial charge in [-0.1, -0.05) is 47.0 Å². The number of aryl methyl sites for hydroxylation is 1.